The molecule has 0 atom stereocenters. The van der Waals surface area contributed by atoms with Crippen LogP contribution in [0.3, 0.4) is 0 Å². The second kappa shape index (κ2) is 8.57. The maximum absolute atomic E-state index is 11.9. The molecule has 0 heterocycles. The van der Waals surface area contributed by atoms with Crippen LogP contribution < -0.4 is 4.74 Å². The van der Waals surface area contributed by atoms with Crippen molar-refractivity contribution in [2.45, 2.75) is 6.42 Å². The van der Waals surface area contributed by atoms with Gasteiger partial charge in [-0.15, -0.1) is 0 Å². The fourth-order valence-corrected chi connectivity index (χ4v) is 2.24. The van der Waals surface area contributed by atoms with Crippen LogP contribution in [0.15, 0.2) is 42.5 Å². The van der Waals surface area contributed by atoms with Crippen molar-refractivity contribution in [1.82, 2.24) is 0 Å². The van der Waals surface area contributed by atoms with E-state index in [1.807, 2.05) is 0 Å². The molecule has 0 aliphatic heterocycles. The summed E-state index contributed by atoms with van der Waals surface area (Å²) in [6.07, 6.45) is 4.76. The van der Waals surface area contributed by atoms with Crippen LogP contribution in [0.4, 0.5) is 0 Å². The summed E-state index contributed by atoms with van der Waals surface area (Å²) >= 11 is 0. The smallest absolute Gasteiger partial charge is 0.202 e. The number of aromatic hydroxyl groups is 4. The van der Waals surface area contributed by atoms with Gasteiger partial charge in [0.15, 0.2) is 34.6 Å². The second-order valence-electron chi connectivity index (χ2n) is 5.62. The Balaban J connectivity index is 1.98. The highest BCUT2D eigenvalue weighted by Gasteiger charge is 2.09. The molecule has 0 aliphatic carbocycles. The molecule has 0 bridgehead atoms. The number of carbonyl (C=O) groups is 2. The summed E-state index contributed by atoms with van der Waals surface area (Å²) in [6, 6.07) is 6.68. The van der Waals surface area contributed by atoms with E-state index < -0.39 is 11.6 Å². The van der Waals surface area contributed by atoms with Crippen molar-refractivity contribution in [2.75, 3.05) is 7.11 Å². The second-order valence-corrected chi connectivity index (χ2v) is 5.62. The molecule has 2 aromatic carbocycles. The fraction of sp³-hybridized carbons (Fsp3) is 0.100. The van der Waals surface area contributed by atoms with Crippen molar-refractivity contribution in [2.24, 2.45) is 0 Å². The molecule has 140 valence electrons. The first-order valence-electron chi connectivity index (χ1n) is 7.84. The Morgan fingerprint density at radius 3 is 1.85 bits per heavy atom. The van der Waals surface area contributed by atoms with Crippen molar-refractivity contribution < 1.29 is 34.8 Å². The SMILES string of the molecule is COc1c(O)cc(/C=C/C(=O)CC(=O)/C=C/c2ccc(O)c(O)c2)cc1O. The van der Waals surface area contributed by atoms with Gasteiger partial charge in [0.2, 0.25) is 5.75 Å². The van der Waals surface area contributed by atoms with Crippen molar-refractivity contribution >= 4 is 23.7 Å². The van der Waals surface area contributed by atoms with Crippen LogP contribution in [-0.2, 0) is 9.59 Å². The average molecular weight is 370 g/mol. The summed E-state index contributed by atoms with van der Waals surface area (Å²) < 4.78 is 4.81. The molecule has 2 rings (SSSR count). The Morgan fingerprint density at radius 1 is 0.815 bits per heavy atom. The lowest BCUT2D eigenvalue weighted by atomic mass is 10.1. The van der Waals surface area contributed by atoms with E-state index in [0.717, 1.165) is 0 Å². The zero-order valence-electron chi connectivity index (χ0n) is 14.4. The minimum Gasteiger partial charge on any atom is -0.504 e. The fourth-order valence-electron chi connectivity index (χ4n) is 2.24. The van der Waals surface area contributed by atoms with Gasteiger partial charge in [-0.2, -0.15) is 0 Å². The highest BCUT2D eigenvalue weighted by atomic mass is 16.5. The molecular weight excluding hydrogens is 352 g/mol. The lowest BCUT2D eigenvalue weighted by Crippen LogP contribution is -2.01. The molecule has 2 aromatic rings. The van der Waals surface area contributed by atoms with E-state index in [9.17, 15) is 30.0 Å². The van der Waals surface area contributed by atoms with Gasteiger partial charge in [0.25, 0.3) is 0 Å². The number of hydrogen-bond donors (Lipinski definition) is 4. The van der Waals surface area contributed by atoms with Crippen LogP contribution in [0.25, 0.3) is 12.2 Å². The number of methoxy groups -OCH3 is 1. The van der Waals surface area contributed by atoms with Gasteiger partial charge >= 0.3 is 0 Å². The first-order chi connectivity index (χ1) is 12.8. The number of carbonyl (C=O) groups excluding carboxylic acids is 2. The van der Waals surface area contributed by atoms with Gasteiger partial charge in [-0.1, -0.05) is 18.2 Å². The third-order valence-corrected chi connectivity index (χ3v) is 3.55. The van der Waals surface area contributed by atoms with Crippen molar-refractivity contribution in [3.05, 3.63) is 53.6 Å². The quantitative estimate of drug-likeness (QED) is 0.335. The van der Waals surface area contributed by atoms with E-state index in [-0.39, 0.29) is 35.2 Å². The van der Waals surface area contributed by atoms with E-state index in [1.165, 1.54) is 61.7 Å². The van der Waals surface area contributed by atoms with Gasteiger partial charge < -0.3 is 25.2 Å². The predicted octanol–water partition coefficient (Wildman–Crippen LogP) is 2.77. The number of phenolic OH excluding ortho intramolecular Hbond substituents is 4. The highest BCUT2D eigenvalue weighted by Crippen LogP contribution is 2.36. The summed E-state index contributed by atoms with van der Waals surface area (Å²) in [5, 5.41) is 38.0. The van der Waals surface area contributed by atoms with Gasteiger partial charge in [0.1, 0.15) is 0 Å². The van der Waals surface area contributed by atoms with E-state index in [0.29, 0.717) is 11.1 Å². The summed E-state index contributed by atoms with van der Waals surface area (Å²) in [5.41, 5.74) is 0.854. The molecule has 4 N–H and O–H groups in total. The van der Waals surface area contributed by atoms with E-state index >= 15 is 0 Å². The molecule has 0 amide bonds. The number of ether oxygens (including phenoxy) is 1. The lowest BCUT2D eigenvalue weighted by Gasteiger charge is -2.06. The van der Waals surface area contributed by atoms with Crippen molar-refractivity contribution in [3.8, 4) is 28.7 Å². The zero-order chi connectivity index (χ0) is 20.0. The number of ketones is 2. The van der Waals surface area contributed by atoms with Crippen molar-refractivity contribution in [3.63, 3.8) is 0 Å². The maximum Gasteiger partial charge on any atom is 0.202 e. The molecule has 0 unspecified atom stereocenters. The first kappa shape index (κ1) is 19.6. The summed E-state index contributed by atoms with van der Waals surface area (Å²) in [6.45, 7) is 0. The standard InChI is InChI=1S/C20H18O7/c1-27-20-18(25)9-13(10-19(20)26)3-6-15(22)11-14(21)5-2-12-4-7-16(23)17(24)8-12/h2-10,23-26H,11H2,1H3/b5-2+,6-3+. The molecule has 0 saturated heterocycles. The van der Waals surface area contributed by atoms with Crippen LogP contribution in [0.2, 0.25) is 0 Å². The number of hydrogen-bond acceptors (Lipinski definition) is 7. The minimum atomic E-state index is -0.465. The number of allylic oxidation sites excluding steroid dienone is 2. The molecule has 0 aliphatic rings. The third-order valence-electron chi connectivity index (χ3n) is 3.55. The molecule has 7 nitrogen and oxygen atoms in total. The van der Waals surface area contributed by atoms with Gasteiger partial charge in [0, 0.05) is 0 Å². The van der Waals surface area contributed by atoms with Gasteiger partial charge in [-0.25, -0.2) is 0 Å². The van der Waals surface area contributed by atoms with Gasteiger partial charge in [-0.05, 0) is 47.5 Å². The first-order valence-corrected chi connectivity index (χ1v) is 7.84. The molecular formula is C20H18O7. The number of phenols is 4. The largest absolute Gasteiger partial charge is 0.504 e. The average Bonchev–Trinajstić information content (AvgIpc) is 2.61. The summed E-state index contributed by atoms with van der Waals surface area (Å²) in [7, 11) is 1.30. The van der Waals surface area contributed by atoms with Crippen molar-refractivity contribution in [1.29, 1.82) is 0 Å². The van der Waals surface area contributed by atoms with Crippen LogP contribution in [0.5, 0.6) is 28.7 Å². The number of rotatable bonds is 7. The normalized spacial score (nSPS) is 11.1. The Labute approximate surface area is 155 Å². The molecule has 27 heavy (non-hydrogen) atoms. The highest BCUT2D eigenvalue weighted by molar-refractivity contribution is 6.10. The number of benzene rings is 2. The lowest BCUT2D eigenvalue weighted by molar-refractivity contribution is -0.121. The molecule has 0 radical (unpaired) electrons. The maximum atomic E-state index is 11.9. The topological polar surface area (TPSA) is 124 Å². The minimum absolute atomic E-state index is 0.0703. The Morgan fingerprint density at radius 2 is 1.33 bits per heavy atom. The van der Waals surface area contributed by atoms with Crippen LogP contribution >= 0.6 is 0 Å². The van der Waals surface area contributed by atoms with E-state index in [2.05, 4.69) is 0 Å². The van der Waals surface area contributed by atoms with Crippen LogP contribution in [-0.4, -0.2) is 39.1 Å². The Bertz CT molecular complexity index is 903. The molecule has 0 spiro atoms. The Kier molecular flexibility index (Phi) is 6.22. The summed E-state index contributed by atoms with van der Waals surface area (Å²) in [5.74, 6) is -2.12. The van der Waals surface area contributed by atoms with Gasteiger partial charge in [0.05, 0.1) is 13.5 Å². The summed E-state index contributed by atoms with van der Waals surface area (Å²) in [4.78, 5) is 23.7. The van der Waals surface area contributed by atoms with E-state index in [4.69, 9.17) is 4.74 Å². The molecule has 7 heteroatoms. The molecule has 0 saturated carbocycles. The van der Waals surface area contributed by atoms with Crippen LogP contribution in [0.1, 0.15) is 17.5 Å². The van der Waals surface area contributed by atoms with Crippen LogP contribution in [0, 0.1) is 0 Å². The van der Waals surface area contributed by atoms with E-state index in [1.54, 1.807) is 0 Å². The predicted molar refractivity (Wildman–Crippen MR) is 98.8 cm³/mol. The van der Waals surface area contributed by atoms with Gasteiger partial charge in [-0.3, -0.25) is 9.59 Å². The Hall–Kier alpha value is -3.74. The molecule has 0 fully saturated rings. The molecule has 0 aromatic heterocycles. The monoisotopic (exact) mass is 370 g/mol. The zero-order valence-corrected chi connectivity index (χ0v) is 14.4. The third kappa shape index (κ3) is 5.37.